The molecule has 0 radical (unpaired) electrons. The molecule has 2 aromatic carbocycles. The normalized spacial score (nSPS) is 19.2. The van der Waals surface area contributed by atoms with Crippen LogP contribution in [0, 0.1) is 0 Å². The van der Waals surface area contributed by atoms with E-state index in [1.807, 2.05) is 36.4 Å². The minimum Gasteiger partial charge on any atom is -0.458 e. The number of anilines is 1. The number of benzene rings is 2. The topological polar surface area (TPSA) is 107 Å². The highest BCUT2D eigenvalue weighted by Gasteiger charge is 2.45. The zero-order valence-corrected chi connectivity index (χ0v) is 16.8. The van der Waals surface area contributed by atoms with Crippen LogP contribution in [-0.4, -0.2) is 20.6 Å². The number of carbonyl (C=O) groups is 1. The summed E-state index contributed by atoms with van der Waals surface area (Å²) in [5.74, 6) is -0.724. The van der Waals surface area contributed by atoms with E-state index in [1.165, 1.54) is 0 Å². The third-order valence-corrected chi connectivity index (χ3v) is 6.56. The molecule has 0 amide bonds. The number of cyclic esters (lactones) is 1. The van der Waals surface area contributed by atoms with E-state index >= 15 is 0 Å². The van der Waals surface area contributed by atoms with E-state index in [0.717, 1.165) is 27.2 Å². The summed E-state index contributed by atoms with van der Waals surface area (Å²) in [6.07, 6.45) is 0.116. The first-order chi connectivity index (χ1) is 14.9. The Labute approximate surface area is 176 Å². The minimum absolute atomic E-state index is 0.116. The standard InChI is InChI=1S/C24H19N3O4/c1-2-24(30)16-9-19-21-13(10-27(19)22(28)15(16)11-31-23(24)29)8-14-18(26-21)7-6-12-4-3-5-17(25)20(12)14/h3-9,30H,2,10-11,25H2,1H3/t24-/m0/s1. The van der Waals surface area contributed by atoms with Gasteiger partial charge in [-0.1, -0.05) is 25.1 Å². The van der Waals surface area contributed by atoms with Crippen LogP contribution < -0.4 is 11.3 Å². The predicted octanol–water partition coefficient (Wildman–Crippen LogP) is 2.82. The van der Waals surface area contributed by atoms with Crippen LogP contribution in [0.4, 0.5) is 5.69 Å². The van der Waals surface area contributed by atoms with Gasteiger partial charge < -0.3 is 20.1 Å². The van der Waals surface area contributed by atoms with Gasteiger partial charge in [-0.2, -0.15) is 0 Å². The fraction of sp³-hybridized carbons (Fsp3) is 0.208. The molecule has 0 bridgehead atoms. The highest BCUT2D eigenvalue weighted by molar-refractivity contribution is 6.12. The lowest BCUT2D eigenvalue weighted by atomic mass is 9.86. The van der Waals surface area contributed by atoms with Crippen molar-refractivity contribution < 1.29 is 14.6 Å². The van der Waals surface area contributed by atoms with E-state index < -0.39 is 11.6 Å². The van der Waals surface area contributed by atoms with Gasteiger partial charge >= 0.3 is 5.97 Å². The number of hydrogen-bond acceptors (Lipinski definition) is 6. The highest BCUT2D eigenvalue weighted by atomic mass is 16.6. The third-order valence-electron chi connectivity index (χ3n) is 6.56. The monoisotopic (exact) mass is 413 g/mol. The predicted molar refractivity (Wildman–Crippen MR) is 116 cm³/mol. The van der Waals surface area contributed by atoms with Crippen LogP contribution in [0.2, 0.25) is 0 Å². The summed E-state index contributed by atoms with van der Waals surface area (Å²) < 4.78 is 6.76. The Morgan fingerprint density at radius 2 is 2.06 bits per heavy atom. The largest absolute Gasteiger partial charge is 0.458 e. The van der Waals surface area contributed by atoms with Crippen molar-refractivity contribution in [2.45, 2.75) is 32.1 Å². The van der Waals surface area contributed by atoms with Crippen molar-refractivity contribution in [3.63, 3.8) is 0 Å². The van der Waals surface area contributed by atoms with Crippen LogP contribution in [0.3, 0.4) is 0 Å². The van der Waals surface area contributed by atoms with Crippen molar-refractivity contribution in [1.82, 2.24) is 9.55 Å². The zero-order chi connectivity index (χ0) is 21.5. The zero-order valence-electron chi connectivity index (χ0n) is 16.8. The van der Waals surface area contributed by atoms with Gasteiger partial charge in [0.1, 0.15) is 6.61 Å². The average Bonchev–Trinajstić information content (AvgIpc) is 3.13. The number of pyridine rings is 2. The Hall–Kier alpha value is -3.71. The summed E-state index contributed by atoms with van der Waals surface area (Å²) in [6, 6.07) is 13.5. The maximum atomic E-state index is 13.3. The number of aromatic nitrogens is 2. The van der Waals surface area contributed by atoms with Gasteiger partial charge in [0.15, 0.2) is 5.60 Å². The molecule has 0 spiro atoms. The van der Waals surface area contributed by atoms with Gasteiger partial charge in [0, 0.05) is 27.6 Å². The van der Waals surface area contributed by atoms with Crippen LogP contribution in [0.5, 0.6) is 0 Å². The van der Waals surface area contributed by atoms with E-state index in [1.54, 1.807) is 17.6 Å². The quantitative estimate of drug-likeness (QED) is 0.249. The van der Waals surface area contributed by atoms with Crippen molar-refractivity contribution in [2.75, 3.05) is 5.73 Å². The molecule has 0 saturated heterocycles. The van der Waals surface area contributed by atoms with Gasteiger partial charge in [-0.3, -0.25) is 4.79 Å². The number of carbonyl (C=O) groups excluding carboxylic acids is 1. The molecule has 154 valence electrons. The fourth-order valence-electron chi connectivity index (χ4n) is 4.87. The molecule has 0 aliphatic carbocycles. The number of esters is 1. The molecule has 1 atom stereocenters. The molecule has 2 aliphatic heterocycles. The van der Waals surface area contributed by atoms with Gasteiger partial charge in [0.25, 0.3) is 5.56 Å². The number of hydrogen-bond donors (Lipinski definition) is 2. The Morgan fingerprint density at radius 3 is 2.87 bits per heavy atom. The first-order valence-corrected chi connectivity index (χ1v) is 10.2. The Morgan fingerprint density at radius 1 is 1.23 bits per heavy atom. The fourth-order valence-corrected chi connectivity index (χ4v) is 4.87. The van der Waals surface area contributed by atoms with Crippen LogP contribution in [0.15, 0.2) is 47.3 Å². The third kappa shape index (κ3) is 2.24. The lowest BCUT2D eigenvalue weighted by Crippen LogP contribution is -2.44. The first kappa shape index (κ1) is 18.1. The molecule has 31 heavy (non-hydrogen) atoms. The molecular formula is C24H19N3O4. The molecule has 3 N–H and O–H groups in total. The first-order valence-electron chi connectivity index (χ1n) is 10.2. The maximum Gasteiger partial charge on any atom is 0.343 e. The second kappa shape index (κ2) is 5.92. The molecule has 2 aliphatic rings. The second-order valence-corrected chi connectivity index (χ2v) is 8.18. The second-order valence-electron chi connectivity index (χ2n) is 8.18. The van der Waals surface area contributed by atoms with Gasteiger partial charge in [-0.25, -0.2) is 9.78 Å². The molecule has 2 aromatic heterocycles. The van der Waals surface area contributed by atoms with Gasteiger partial charge in [-0.15, -0.1) is 0 Å². The summed E-state index contributed by atoms with van der Waals surface area (Å²) in [5.41, 5.74) is 8.43. The summed E-state index contributed by atoms with van der Waals surface area (Å²) in [5, 5.41) is 13.9. The van der Waals surface area contributed by atoms with Crippen LogP contribution >= 0.6 is 0 Å². The molecule has 6 rings (SSSR count). The van der Waals surface area contributed by atoms with Crippen molar-refractivity contribution in [3.8, 4) is 11.4 Å². The lowest BCUT2D eigenvalue weighted by molar-refractivity contribution is -0.172. The molecule has 7 heteroatoms. The van der Waals surface area contributed by atoms with Crippen LogP contribution in [0.1, 0.15) is 30.0 Å². The van der Waals surface area contributed by atoms with Crippen molar-refractivity contribution in [1.29, 1.82) is 0 Å². The lowest BCUT2D eigenvalue weighted by Gasteiger charge is -2.31. The Kier molecular flexibility index (Phi) is 3.46. The number of nitrogen functional groups attached to an aromatic ring is 1. The number of ether oxygens (including phenoxy) is 1. The Bertz CT molecular complexity index is 1520. The molecule has 0 saturated carbocycles. The smallest absolute Gasteiger partial charge is 0.343 e. The molecule has 4 aromatic rings. The summed E-state index contributed by atoms with van der Waals surface area (Å²) in [7, 11) is 0. The van der Waals surface area contributed by atoms with Crippen molar-refractivity contribution in [2.24, 2.45) is 0 Å². The average molecular weight is 413 g/mol. The SMILES string of the molecule is CC[C@@]1(O)C(=O)OCc2c1cc1n(c2=O)Cc2cc3c(ccc4cccc(N)c43)nc2-1. The molecular weight excluding hydrogens is 394 g/mol. The van der Waals surface area contributed by atoms with E-state index in [0.29, 0.717) is 34.7 Å². The number of rotatable bonds is 1. The molecule has 0 fully saturated rings. The molecule has 0 unspecified atom stereocenters. The summed E-state index contributed by atoms with van der Waals surface area (Å²) >= 11 is 0. The summed E-state index contributed by atoms with van der Waals surface area (Å²) in [4.78, 5) is 30.4. The molecule has 7 nitrogen and oxygen atoms in total. The number of aliphatic hydroxyl groups is 1. The number of nitrogens with two attached hydrogens (primary N) is 1. The number of nitrogens with zero attached hydrogens (tertiary/aromatic N) is 2. The van der Waals surface area contributed by atoms with Crippen molar-refractivity contribution in [3.05, 3.63) is 69.5 Å². The Balaban J connectivity index is 1.65. The highest BCUT2D eigenvalue weighted by Crippen LogP contribution is 2.39. The van der Waals surface area contributed by atoms with E-state index in [-0.39, 0.29) is 18.6 Å². The van der Waals surface area contributed by atoms with Crippen molar-refractivity contribution >= 4 is 33.3 Å². The van der Waals surface area contributed by atoms with E-state index in [4.69, 9.17) is 15.5 Å². The molecule has 4 heterocycles. The van der Waals surface area contributed by atoms with Gasteiger partial charge in [0.05, 0.1) is 29.0 Å². The number of fused-ring (bicyclic) bond motifs is 7. The maximum absolute atomic E-state index is 13.3. The summed E-state index contributed by atoms with van der Waals surface area (Å²) in [6.45, 7) is 1.92. The van der Waals surface area contributed by atoms with Crippen LogP contribution in [-0.2, 0) is 28.3 Å². The van der Waals surface area contributed by atoms with Gasteiger partial charge in [0.2, 0.25) is 0 Å². The van der Waals surface area contributed by atoms with Crippen LogP contribution in [0.25, 0.3) is 33.1 Å². The van der Waals surface area contributed by atoms with E-state index in [9.17, 15) is 14.7 Å². The minimum atomic E-state index is -1.83. The van der Waals surface area contributed by atoms with E-state index in [2.05, 4.69) is 0 Å². The van der Waals surface area contributed by atoms with Gasteiger partial charge in [-0.05, 0) is 36.1 Å².